The lowest BCUT2D eigenvalue weighted by Gasteiger charge is -2.34. The van der Waals surface area contributed by atoms with Gasteiger partial charge in [-0.25, -0.2) is 0 Å². The highest BCUT2D eigenvalue weighted by atomic mass is 16.2. The second kappa shape index (κ2) is 8.30. The van der Waals surface area contributed by atoms with Gasteiger partial charge in [-0.2, -0.15) is 0 Å². The first-order chi connectivity index (χ1) is 12.2. The molecule has 0 N–H and O–H groups in total. The van der Waals surface area contributed by atoms with E-state index in [1.165, 1.54) is 6.42 Å². The van der Waals surface area contributed by atoms with Crippen LogP contribution < -0.4 is 0 Å². The van der Waals surface area contributed by atoms with Crippen LogP contribution in [0.25, 0.3) is 11.1 Å². The molecule has 0 atom stereocenters. The highest BCUT2D eigenvalue weighted by Crippen LogP contribution is 2.23. The molecule has 0 aliphatic carbocycles. The summed E-state index contributed by atoms with van der Waals surface area (Å²) in [5.74, 6) is 0.157. The molecule has 0 spiro atoms. The number of nitrogens with zero attached hydrogens (tertiary/aromatic N) is 4. The molecule has 0 saturated carbocycles. The molecular weight excluding hydrogens is 312 g/mol. The van der Waals surface area contributed by atoms with Crippen LogP contribution in [0.5, 0.6) is 0 Å². The summed E-state index contributed by atoms with van der Waals surface area (Å²) >= 11 is 0. The third kappa shape index (κ3) is 4.10. The van der Waals surface area contributed by atoms with Gasteiger partial charge in [0.25, 0.3) is 5.91 Å². The van der Waals surface area contributed by atoms with E-state index in [0.717, 1.165) is 62.5 Å². The largest absolute Gasteiger partial charge is 0.343 e. The van der Waals surface area contributed by atoms with Gasteiger partial charge in [0.1, 0.15) is 5.69 Å². The third-order valence-electron chi connectivity index (χ3n) is 4.79. The molecule has 1 aliphatic rings. The number of carbonyl (C=O) groups excluding carboxylic acids is 1. The number of hydrogen-bond acceptors (Lipinski definition) is 3. The van der Waals surface area contributed by atoms with E-state index in [1.807, 2.05) is 23.1 Å². The van der Waals surface area contributed by atoms with Gasteiger partial charge in [-0.15, -0.1) is 0 Å². The molecule has 0 unspecified atom stereocenters. The average Bonchev–Trinajstić information content (AvgIpc) is 3.07. The summed E-state index contributed by atoms with van der Waals surface area (Å²) in [7, 11) is 0. The topological polar surface area (TPSA) is 41.4 Å². The molecule has 5 nitrogen and oxygen atoms in total. The maximum absolute atomic E-state index is 13.1. The van der Waals surface area contributed by atoms with Crippen molar-refractivity contribution in [2.75, 3.05) is 32.7 Å². The van der Waals surface area contributed by atoms with Crippen LogP contribution in [-0.4, -0.2) is 58.0 Å². The minimum atomic E-state index is 0.157. The van der Waals surface area contributed by atoms with Crippen molar-refractivity contribution in [1.29, 1.82) is 0 Å². The minimum Gasteiger partial charge on any atom is -0.343 e. The van der Waals surface area contributed by atoms with Crippen molar-refractivity contribution in [2.24, 2.45) is 0 Å². The Morgan fingerprint density at radius 1 is 1.00 bits per heavy atom. The normalized spacial score (nSPS) is 15.5. The first-order valence-electron chi connectivity index (χ1n) is 9.35. The van der Waals surface area contributed by atoms with Crippen molar-refractivity contribution in [3.05, 3.63) is 42.5 Å². The standard InChI is InChI=1S/C20H28N4O/c1-3-9-22-11-13-23(14-12-22)20(25)19-15-18(16-24(19)10-4-2)17-5-7-21-8-6-17/h5-8,15-16H,3-4,9-14H2,1-2H3. The molecule has 25 heavy (non-hydrogen) atoms. The Bertz CT molecular complexity index is 687. The molecule has 0 aromatic carbocycles. The molecule has 1 saturated heterocycles. The van der Waals surface area contributed by atoms with Gasteiger partial charge in [0.2, 0.25) is 0 Å². The lowest BCUT2D eigenvalue weighted by Crippen LogP contribution is -2.49. The van der Waals surface area contributed by atoms with Crippen molar-refractivity contribution in [3.8, 4) is 11.1 Å². The number of piperazine rings is 1. The minimum absolute atomic E-state index is 0.157. The maximum Gasteiger partial charge on any atom is 0.270 e. The first kappa shape index (κ1) is 17.7. The van der Waals surface area contributed by atoms with E-state index in [1.54, 1.807) is 12.4 Å². The van der Waals surface area contributed by atoms with Gasteiger partial charge < -0.3 is 9.47 Å². The second-order valence-corrected chi connectivity index (χ2v) is 6.68. The second-order valence-electron chi connectivity index (χ2n) is 6.68. The van der Waals surface area contributed by atoms with E-state index in [9.17, 15) is 4.79 Å². The molecular formula is C20H28N4O. The van der Waals surface area contributed by atoms with Gasteiger partial charge in [-0.1, -0.05) is 13.8 Å². The van der Waals surface area contributed by atoms with E-state index in [2.05, 4.69) is 34.5 Å². The molecule has 1 fully saturated rings. The fraction of sp³-hybridized carbons (Fsp3) is 0.500. The highest BCUT2D eigenvalue weighted by Gasteiger charge is 2.24. The quantitative estimate of drug-likeness (QED) is 0.811. The maximum atomic E-state index is 13.1. The van der Waals surface area contributed by atoms with Crippen LogP contribution in [0.2, 0.25) is 0 Å². The predicted molar refractivity (Wildman–Crippen MR) is 101 cm³/mol. The van der Waals surface area contributed by atoms with Crippen LogP contribution in [0.15, 0.2) is 36.8 Å². The van der Waals surface area contributed by atoms with Crippen LogP contribution in [0, 0.1) is 0 Å². The molecule has 0 bridgehead atoms. The lowest BCUT2D eigenvalue weighted by molar-refractivity contribution is 0.0627. The number of aryl methyl sites for hydroxylation is 1. The zero-order chi connectivity index (χ0) is 17.6. The molecule has 134 valence electrons. The third-order valence-corrected chi connectivity index (χ3v) is 4.79. The molecule has 2 aromatic rings. The number of pyridine rings is 1. The van der Waals surface area contributed by atoms with Crippen molar-refractivity contribution < 1.29 is 4.79 Å². The number of amides is 1. The summed E-state index contributed by atoms with van der Waals surface area (Å²) in [5.41, 5.74) is 2.99. The molecule has 5 heteroatoms. The van der Waals surface area contributed by atoms with Gasteiger partial charge >= 0.3 is 0 Å². The summed E-state index contributed by atoms with van der Waals surface area (Å²) in [6.45, 7) is 9.93. The summed E-state index contributed by atoms with van der Waals surface area (Å²) in [4.78, 5) is 21.6. The van der Waals surface area contributed by atoms with Crippen molar-refractivity contribution in [1.82, 2.24) is 19.4 Å². The zero-order valence-electron chi connectivity index (χ0n) is 15.3. The van der Waals surface area contributed by atoms with Crippen LogP contribution >= 0.6 is 0 Å². The molecule has 1 amide bonds. The van der Waals surface area contributed by atoms with Gasteiger partial charge in [0.15, 0.2) is 0 Å². The summed E-state index contributed by atoms with van der Waals surface area (Å²) in [6.07, 6.45) is 7.86. The summed E-state index contributed by atoms with van der Waals surface area (Å²) in [5, 5.41) is 0. The van der Waals surface area contributed by atoms with Gasteiger partial charge in [-0.05, 0) is 43.1 Å². The Labute approximate surface area is 150 Å². The Kier molecular flexibility index (Phi) is 5.87. The van der Waals surface area contributed by atoms with Crippen LogP contribution in [0.1, 0.15) is 37.2 Å². The summed E-state index contributed by atoms with van der Waals surface area (Å²) < 4.78 is 2.11. The van der Waals surface area contributed by atoms with E-state index < -0.39 is 0 Å². The fourth-order valence-corrected chi connectivity index (χ4v) is 3.47. The number of rotatable bonds is 6. The Balaban J connectivity index is 1.78. The van der Waals surface area contributed by atoms with E-state index in [0.29, 0.717) is 0 Å². The zero-order valence-corrected chi connectivity index (χ0v) is 15.3. The highest BCUT2D eigenvalue weighted by molar-refractivity contribution is 5.94. The van der Waals surface area contributed by atoms with E-state index in [4.69, 9.17) is 0 Å². The number of hydrogen-bond donors (Lipinski definition) is 0. The lowest BCUT2D eigenvalue weighted by atomic mass is 10.1. The van der Waals surface area contributed by atoms with Gasteiger partial charge in [0, 0.05) is 56.9 Å². The van der Waals surface area contributed by atoms with Crippen LogP contribution in [-0.2, 0) is 6.54 Å². The average molecular weight is 340 g/mol. The fourth-order valence-electron chi connectivity index (χ4n) is 3.47. The predicted octanol–water partition coefficient (Wildman–Crippen LogP) is 3.13. The monoisotopic (exact) mass is 340 g/mol. The van der Waals surface area contributed by atoms with Gasteiger partial charge in [0.05, 0.1) is 0 Å². The van der Waals surface area contributed by atoms with E-state index >= 15 is 0 Å². The Hall–Kier alpha value is -2.14. The Morgan fingerprint density at radius 3 is 2.32 bits per heavy atom. The molecule has 1 aliphatic heterocycles. The number of carbonyl (C=O) groups is 1. The van der Waals surface area contributed by atoms with Crippen LogP contribution in [0.4, 0.5) is 0 Å². The Morgan fingerprint density at radius 2 is 1.68 bits per heavy atom. The van der Waals surface area contributed by atoms with Crippen molar-refractivity contribution in [2.45, 2.75) is 33.2 Å². The SMILES string of the molecule is CCCN1CCN(C(=O)c2cc(-c3ccncc3)cn2CCC)CC1. The molecule has 0 radical (unpaired) electrons. The number of aromatic nitrogens is 2. The summed E-state index contributed by atoms with van der Waals surface area (Å²) in [6, 6.07) is 6.01. The molecule has 3 rings (SSSR count). The van der Waals surface area contributed by atoms with Crippen molar-refractivity contribution >= 4 is 5.91 Å². The van der Waals surface area contributed by atoms with E-state index in [-0.39, 0.29) is 5.91 Å². The molecule has 3 heterocycles. The first-order valence-corrected chi connectivity index (χ1v) is 9.35. The van der Waals surface area contributed by atoms with Gasteiger partial charge in [-0.3, -0.25) is 14.7 Å². The van der Waals surface area contributed by atoms with Crippen molar-refractivity contribution in [3.63, 3.8) is 0 Å². The molecule has 2 aromatic heterocycles. The smallest absolute Gasteiger partial charge is 0.270 e. The van der Waals surface area contributed by atoms with Crippen LogP contribution in [0.3, 0.4) is 0 Å².